The van der Waals surface area contributed by atoms with Gasteiger partial charge in [-0.15, -0.1) is 22.7 Å². The number of rotatable bonds is 4. The normalized spacial score (nSPS) is 25.4. The van der Waals surface area contributed by atoms with E-state index < -0.39 is 23.4 Å². The molecular weight excluding hydrogens is 488 g/mol. The smallest absolute Gasteiger partial charge is 0.238 e. The van der Waals surface area contributed by atoms with Crippen LogP contribution in [0.4, 0.5) is 5.69 Å². The second-order valence-electron chi connectivity index (χ2n) is 9.27. The van der Waals surface area contributed by atoms with E-state index in [9.17, 15) is 14.4 Å². The van der Waals surface area contributed by atoms with Gasteiger partial charge in [0.2, 0.25) is 5.91 Å². The van der Waals surface area contributed by atoms with E-state index >= 15 is 0 Å². The Morgan fingerprint density at radius 3 is 2.28 bits per heavy atom. The molecule has 0 bridgehead atoms. The number of amides is 1. The van der Waals surface area contributed by atoms with Crippen LogP contribution in [-0.2, 0) is 10.2 Å². The van der Waals surface area contributed by atoms with Gasteiger partial charge in [0.05, 0.1) is 21.7 Å². The van der Waals surface area contributed by atoms with Crippen LogP contribution in [0.1, 0.15) is 42.1 Å². The first-order valence-corrected chi connectivity index (χ1v) is 13.5. The van der Waals surface area contributed by atoms with Gasteiger partial charge in [0, 0.05) is 11.9 Å². The standard InChI is InChI=1S/C29H20N2O3S2/c32-25(21-11-5-15-35-21)23-24(26(33)22-12-6-16-36-22)31-14-13-17-7-1-2-8-18(17)27(31)29(23)19-9-3-4-10-20(19)30-28(29)34/h1-16,23-24,27H,(H,30,34)/t23-,24+,27+,29+/m1/s1. The predicted octanol–water partition coefficient (Wildman–Crippen LogP) is 5.79. The molecule has 0 unspecified atom stereocenters. The summed E-state index contributed by atoms with van der Waals surface area (Å²) in [5.74, 6) is -1.45. The molecule has 1 amide bonds. The second-order valence-corrected chi connectivity index (χ2v) is 11.2. The average Bonchev–Trinajstić information content (AvgIpc) is 3.70. The van der Waals surface area contributed by atoms with E-state index in [1.807, 2.05) is 88.6 Å². The van der Waals surface area contributed by atoms with E-state index in [2.05, 4.69) is 5.32 Å². The van der Waals surface area contributed by atoms with E-state index in [1.165, 1.54) is 22.7 Å². The number of hydrogen-bond donors (Lipinski definition) is 1. The first-order valence-electron chi connectivity index (χ1n) is 11.7. The molecular formula is C29H20N2O3S2. The maximum Gasteiger partial charge on any atom is 0.238 e. The van der Waals surface area contributed by atoms with Crippen molar-refractivity contribution in [1.82, 2.24) is 4.90 Å². The minimum Gasteiger partial charge on any atom is -0.358 e. The summed E-state index contributed by atoms with van der Waals surface area (Å²) in [7, 11) is 0. The van der Waals surface area contributed by atoms with Crippen LogP contribution >= 0.6 is 22.7 Å². The molecule has 3 aliphatic heterocycles. The molecule has 3 aliphatic rings. The molecule has 0 saturated carbocycles. The van der Waals surface area contributed by atoms with Crippen LogP contribution in [-0.4, -0.2) is 28.4 Å². The number of hydrogen-bond acceptors (Lipinski definition) is 6. The number of carbonyl (C=O) groups excluding carboxylic acids is 3. The Kier molecular flexibility index (Phi) is 4.68. The number of para-hydroxylation sites is 1. The lowest BCUT2D eigenvalue weighted by Gasteiger charge is -2.38. The van der Waals surface area contributed by atoms with Gasteiger partial charge in [-0.3, -0.25) is 14.4 Å². The van der Waals surface area contributed by atoms with Gasteiger partial charge >= 0.3 is 0 Å². The number of fused-ring (bicyclic) bond motifs is 6. The quantitative estimate of drug-likeness (QED) is 0.354. The van der Waals surface area contributed by atoms with Crippen LogP contribution in [0.3, 0.4) is 0 Å². The third-order valence-electron chi connectivity index (χ3n) is 7.65. The molecule has 4 aromatic rings. The Labute approximate surface area is 215 Å². The molecule has 0 radical (unpaired) electrons. The van der Waals surface area contributed by atoms with Crippen LogP contribution in [0, 0.1) is 5.92 Å². The second kappa shape index (κ2) is 7.85. The van der Waals surface area contributed by atoms with Gasteiger partial charge in [0.1, 0.15) is 11.5 Å². The highest BCUT2D eigenvalue weighted by molar-refractivity contribution is 7.12. The Bertz CT molecular complexity index is 1560. The zero-order valence-electron chi connectivity index (χ0n) is 19.0. The van der Waals surface area contributed by atoms with Crippen LogP contribution in [0.15, 0.2) is 89.8 Å². The fourth-order valence-corrected chi connectivity index (χ4v) is 7.71. The van der Waals surface area contributed by atoms with E-state index in [4.69, 9.17) is 0 Å². The van der Waals surface area contributed by atoms with Crippen molar-refractivity contribution in [2.45, 2.75) is 17.5 Å². The summed E-state index contributed by atoms with van der Waals surface area (Å²) < 4.78 is 0. The molecule has 4 atom stereocenters. The summed E-state index contributed by atoms with van der Waals surface area (Å²) in [4.78, 5) is 45.9. The molecule has 2 aromatic carbocycles. The molecule has 5 nitrogen and oxygen atoms in total. The van der Waals surface area contributed by atoms with E-state index in [1.54, 1.807) is 12.1 Å². The maximum absolute atomic E-state index is 14.4. The highest BCUT2D eigenvalue weighted by Gasteiger charge is 2.70. The first kappa shape index (κ1) is 21.5. The fourth-order valence-electron chi connectivity index (χ4n) is 6.30. The van der Waals surface area contributed by atoms with Gasteiger partial charge in [0.15, 0.2) is 11.6 Å². The summed E-state index contributed by atoms with van der Waals surface area (Å²) >= 11 is 2.71. The Balaban J connectivity index is 1.56. The highest BCUT2D eigenvalue weighted by atomic mass is 32.1. The Hall–Kier alpha value is -3.81. The minimum absolute atomic E-state index is 0.136. The van der Waals surface area contributed by atoms with Crippen molar-refractivity contribution in [2.24, 2.45) is 5.92 Å². The van der Waals surface area contributed by atoms with Gasteiger partial charge in [0.25, 0.3) is 0 Å². The summed E-state index contributed by atoms with van der Waals surface area (Å²) in [5.41, 5.74) is 2.13. The number of carbonyl (C=O) groups is 3. The van der Waals surface area contributed by atoms with Crippen molar-refractivity contribution in [2.75, 3.05) is 5.32 Å². The van der Waals surface area contributed by atoms with Gasteiger partial charge in [-0.2, -0.15) is 0 Å². The number of anilines is 1. The van der Waals surface area contributed by atoms with E-state index in [-0.39, 0.29) is 17.5 Å². The van der Waals surface area contributed by atoms with Crippen LogP contribution in [0.25, 0.3) is 6.08 Å². The summed E-state index contributed by atoms with van der Waals surface area (Å²) in [5, 5.41) is 6.79. The summed E-state index contributed by atoms with van der Waals surface area (Å²) in [6.07, 6.45) is 3.88. The highest BCUT2D eigenvalue weighted by Crippen LogP contribution is 2.62. The zero-order valence-corrected chi connectivity index (χ0v) is 20.6. The molecule has 1 saturated heterocycles. The number of nitrogens with zero attached hydrogens (tertiary/aromatic N) is 1. The molecule has 5 heterocycles. The number of thiophene rings is 2. The molecule has 0 aliphatic carbocycles. The SMILES string of the molecule is O=C(c1cccs1)[C@@H]1[C@H](C(=O)c2cccs2)[C@]2(C(=O)Nc3ccccc32)[C@@H]2c3ccccc3C=CN12. The van der Waals surface area contributed by atoms with Gasteiger partial charge in [-0.25, -0.2) is 0 Å². The molecule has 7 heteroatoms. The van der Waals surface area contributed by atoms with Crippen LogP contribution in [0.5, 0.6) is 0 Å². The fraction of sp³-hybridized carbons (Fsp3) is 0.138. The molecule has 1 spiro atoms. The third-order valence-corrected chi connectivity index (χ3v) is 9.42. The summed E-state index contributed by atoms with van der Waals surface area (Å²) in [6, 6.07) is 21.4. The zero-order chi connectivity index (χ0) is 24.4. The van der Waals surface area contributed by atoms with Gasteiger partial charge in [-0.05, 0) is 51.7 Å². The van der Waals surface area contributed by atoms with Crippen molar-refractivity contribution in [1.29, 1.82) is 0 Å². The number of benzene rings is 2. The van der Waals surface area contributed by atoms with Gasteiger partial charge in [-0.1, -0.05) is 54.6 Å². The maximum atomic E-state index is 14.4. The Morgan fingerprint density at radius 2 is 1.53 bits per heavy atom. The number of Topliss-reactive ketones (excluding diaryl/α,β-unsaturated/α-hetero) is 2. The van der Waals surface area contributed by atoms with Crippen LogP contribution in [0.2, 0.25) is 0 Å². The van der Waals surface area contributed by atoms with E-state index in [0.717, 1.165) is 16.7 Å². The topological polar surface area (TPSA) is 66.5 Å². The Morgan fingerprint density at radius 1 is 0.833 bits per heavy atom. The van der Waals surface area contributed by atoms with Crippen LogP contribution < -0.4 is 5.32 Å². The predicted molar refractivity (Wildman–Crippen MR) is 141 cm³/mol. The van der Waals surface area contributed by atoms with Crippen molar-refractivity contribution in [3.63, 3.8) is 0 Å². The molecule has 7 rings (SSSR count). The molecule has 1 N–H and O–H groups in total. The monoisotopic (exact) mass is 508 g/mol. The number of nitrogens with one attached hydrogen (secondary N) is 1. The third kappa shape index (κ3) is 2.72. The molecule has 2 aromatic heterocycles. The molecule has 176 valence electrons. The van der Waals surface area contributed by atoms with E-state index in [0.29, 0.717) is 15.4 Å². The largest absolute Gasteiger partial charge is 0.358 e. The number of ketones is 2. The average molecular weight is 509 g/mol. The van der Waals surface area contributed by atoms with Crippen molar-refractivity contribution in [3.8, 4) is 0 Å². The first-order chi connectivity index (χ1) is 17.6. The summed E-state index contributed by atoms with van der Waals surface area (Å²) in [6.45, 7) is 0. The van der Waals surface area contributed by atoms with Gasteiger partial charge < -0.3 is 10.2 Å². The minimum atomic E-state index is -1.27. The van der Waals surface area contributed by atoms with Crippen molar-refractivity contribution >= 4 is 51.9 Å². The lowest BCUT2D eigenvalue weighted by Crippen LogP contribution is -2.49. The molecule has 1 fully saturated rings. The lowest BCUT2D eigenvalue weighted by atomic mass is 9.63. The van der Waals surface area contributed by atoms with Crippen molar-refractivity contribution in [3.05, 3.63) is 116 Å². The lowest BCUT2D eigenvalue weighted by molar-refractivity contribution is -0.122. The van der Waals surface area contributed by atoms with Crippen molar-refractivity contribution < 1.29 is 14.4 Å². The molecule has 36 heavy (non-hydrogen) atoms.